The smallest absolute Gasteiger partial charge is 0.235 e. The van der Waals surface area contributed by atoms with E-state index in [4.69, 9.17) is 52.0 Å². The van der Waals surface area contributed by atoms with E-state index in [1.807, 2.05) is 65.9 Å². The van der Waals surface area contributed by atoms with Crippen molar-refractivity contribution < 1.29 is 22.1 Å². The second-order valence-electron chi connectivity index (χ2n) is 36.4. The molecule has 0 radical (unpaired) electrons. The van der Waals surface area contributed by atoms with E-state index in [1.165, 1.54) is 30.9 Å². The van der Waals surface area contributed by atoms with Crippen molar-refractivity contribution in [2.45, 2.75) is 0 Å². The first-order chi connectivity index (χ1) is 69.9. The number of rotatable bonds is 6. The van der Waals surface area contributed by atoms with Crippen LogP contribution in [0.1, 0.15) is 0 Å². The van der Waals surface area contributed by atoms with Gasteiger partial charge in [-0.1, -0.05) is 297 Å². The number of aromatic nitrogens is 9. The van der Waals surface area contributed by atoms with Crippen molar-refractivity contribution in [2.75, 3.05) is 0 Å². The summed E-state index contributed by atoms with van der Waals surface area (Å²) >= 11 is 1.83. The number of furan rings is 5. The molecule has 33 aromatic rings. The molecule has 0 atom stereocenters. The third kappa shape index (κ3) is 11.4. The molecule has 12 aromatic heterocycles. The van der Waals surface area contributed by atoms with Gasteiger partial charge in [-0.25, -0.2) is 29.9 Å². The van der Waals surface area contributed by atoms with Gasteiger partial charge < -0.3 is 22.1 Å². The summed E-state index contributed by atoms with van der Waals surface area (Å²) in [6, 6.07) is 146. The molecular formula is C126H69N9O5S. The lowest BCUT2D eigenvalue weighted by molar-refractivity contribution is 0.669. The van der Waals surface area contributed by atoms with E-state index in [1.54, 1.807) is 0 Å². The number of nitrogens with zero attached hydrogens (tertiary/aromatic N) is 9. The predicted octanol–water partition coefficient (Wildman–Crippen LogP) is 34.5. The van der Waals surface area contributed by atoms with Gasteiger partial charge >= 0.3 is 0 Å². The van der Waals surface area contributed by atoms with E-state index in [-0.39, 0.29) is 0 Å². The molecule has 12 heterocycles. The Kier molecular flexibility index (Phi) is 16.3. The van der Waals surface area contributed by atoms with Gasteiger partial charge in [0.05, 0.1) is 61.2 Å². The molecule has 0 saturated carbocycles. The van der Waals surface area contributed by atoms with Gasteiger partial charge in [-0.05, 0) is 131 Å². The quantitative estimate of drug-likeness (QED) is 0.156. The fourth-order valence-corrected chi connectivity index (χ4v) is 23.6. The minimum atomic E-state index is 0.580. The summed E-state index contributed by atoms with van der Waals surface area (Å²) in [6.07, 6.45) is 0. The highest BCUT2D eigenvalue weighted by Gasteiger charge is 2.29. The molecule has 21 aromatic carbocycles. The predicted molar refractivity (Wildman–Crippen MR) is 580 cm³/mol. The number of fused-ring (bicyclic) bond motifs is 37. The topological polar surface area (TPSA) is 158 Å². The first-order valence-electron chi connectivity index (χ1n) is 47.3. The van der Waals surface area contributed by atoms with E-state index in [0.29, 0.717) is 17.8 Å². The molecule has 15 heteroatoms. The maximum Gasteiger partial charge on any atom is 0.235 e. The Balaban J connectivity index is 0.0000000972. The van der Waals surface area contributed by atoms with Crippen LogP contribution in [0.2, 0.25) is 0 Å². The second-order valence-corrected chi connectivity index (χ2v) is 37.5. The van der Waals surface area contributed by atoms with Gasteiger partial charge in [-0.15, -0.1) is 11.3 Å². The molecule has 0 unspecified atom stereocenters. The van der Waals surface area contributed by atoms with Gasteiger partial charge in [0.2, 0.25) is 17.8 Å². The molecule has 654 valence electrons. The third-order valence-corrected chi connectivity index (χ3v) is 30.0. The highest BCUT2D eigenvalue weighted by Crippen LogP contribution is 2.50. The van der Waals surface area contributed by atoms with Crippen LogP contribution in [0.3, 0.4) is 0 Å². The molecule has 141 heavy (non-hydrogen) atoms. The van der Waals surface area contributed by atoms with Crippen LogP contribution in [0.15, 0.2) is 441 Å². The maximum atomic E-state index is 6.78. The van der Waals surface area contributed by atoms with Crippen molar-refractivity contribution in [3.63, 3.8) is 0 Å². The Bertz CT molecular complexity index is 10900. The van der Waals surface area contributed by atoms with Crippen molar-refractivity contribution in [2.24, 2.45) is 0 Å². The Morgan fingerprint density at radius 3 is 0.986 bits per heavy atom. The van der Waals surface area contributed by atoms with Crippen molar-refractivity contribution in [1.82, 2.24) is 43.6 Å². The molecular weight excluding hydrogens is 1750 g/mol. The fraction of sp³-hybridized carbons (Fsp3) is 0. The molecule has 0 spiro atoms. The van der Waals surface area contributed by atoms with Crippen LogP contribution >= 0.6 is 11.3 Å². The van der Waals surface area contributed by atoms with Crippen LogP contribution in [-0.4, -0.2) is 43.6 Å². The number of para-hydroxylation sites is 11. The molecule has 0 aliphatic rings. The average Bonchev–Trinajstić information content (AvgIpc) is 1.57. The van der Waals surface area contributed by atoms with E-state index in [9.17, 15) is 0 Å². The zero-order valence-electron chi connectivity index (χ0n) is 74.8. The maximum absolute atomic E-state index is 6.78. The van der Waals surface area contributed by atoms with E-state index < -0.39 is 0 Å². The third-order valence-electron chi connectivity index (χ3n) is 28.8. The van der Waals surface area contributed by atoms with Crippen LogP contribution in [0.25, 0.3) is 312 Å². The summed E-state index contributed by atoms with van der Waals surface area (Å²) < 4.78 is 42.4. The van der Waals surface area contributed by atoms with Gasteiger partial charge in [-0.2, -0.15) is 0 Å². The van der Waals surface area contributed by atoms with E-state index >= 15 is 0 Å². The minimum absolute atomic E-state index is 0.580. The lowest BCUT2D eigenvalue weighted by Gasteiger charge is -2.12. The lowest BCUT2D eigenvalue weighted by atomic mass is 10.0. The number of thiophene rings is 1. The minimum Gasteiger partial charge on any atom is -0.456 e. The molecule has 0 aliphatic heterocycles. The van der Waals surface area contributed by atoms with E-state index in [0.717, 1.165) is 263 Å². The Labute approximate surface area is 801 Å². The van der Waals surface area contributed by atoms with Crippen LogP contribution < -0.4 is 0 Å². The van der Waals surface area contributed by atoms with Crippen molar-refractivity contribution in [1.29, 1.82) is 0 Å². The molecule has 0 aliphatic carbocycles. The van der Waals surface area contributed by atoms with Crippen molar-refractivity contribution in [3.05, 3.63) is 419 Å². The zero-order valence-corrected chi connectivity index (χ0v) is 75.6. The number of benzene rings is 21. The van der Waals surface area contributed by atoms with Crippen LogP contribution in [-0.2, 0) is 0 Å². The monoisotopic (exact) mass is 1820 g/mol. The average molecular weight is 1820 g/mol. The summed E-state index contributed by atoms with van der Waals surface area (Å²) in [7, 11) is 0. The summed E-state index contributed by atoms with van der Waals surface area (Å²) in [4.78, 5) is 31.8. The molecule has 0 N–H and O–H groups in total. The summed E-state index contributed by atoms with van der Waals surface area (Å²) in [6.45, 7) is 0. The van der Waals surface area contributed by atoms with Crippen LogP contribution in [0.4, 0.5) is 0 Å². The molecule has 0 fully saturated rings. The summed E-state index contributed by atoms with van der Waals surface area (Å²) in [5.41, 5.74) is 22.7. The molecule has 0 amide bonds. The largest absolute Gasteiger partial charge is 0.456 e. The highest BCUT2D eigenvalue weighted by molar-refractivity contribution is 7.25. The van der Waals surface area contributed by atoms with Crippen molar-refractivity contribution in [3.8, 4) is 51.6 Å². The lowest BCUT2D eigenvalue weighted by Crippen LogP contribution is -2.03. The molecule has 33 rings (SSSR count). The Morgan fingerprint density at radius 1 is 0.170 bits per heavy atom. The first-order valence-corrected chi connectivity index (χ1v) is 48.1. The van der Waals surface area contributed by atoms with Gasteiger partial charge in [0, 0.05) is 161 Å². The zero-order chi connectivity index (χ0) is 91.9. The van der Waals surface area contributed by atoms with Gasteiger partial charge in [-0.3, -0.25) is 13.7 Å². The Hall–Kier alpha value is -19.0. The SMILES string of the molecule is c1ccc2c(c1)ccc1c3cccc(-c4nc(-n5c6ccccc6c6cc7c(cc65)oc5ccccc57)nc5ccccc45)c3oc21.c1ccc2c(c1)ccc1c3cccc(-c4nc(-n5c6ccccc6c6cc7c(cc65)sc5ccccc57)nc5ccccc45)c3oc21.c1ccc2c(c1)ccc1c3cccc(-c4nc(-n5c6ccccc6c6ccc7c8ccccc8oc7c65)nc5ccccc45)c3oc21. The Morgan fingerprint density at radius 2 is 0.504 bits per heavy atom. The first kappa shape index (κ1) is 77.3. The second kappa shape index (κ2) is 29.8. The summed E-state index contributed by atoms with van der Waals surface area (Å²) in [5, 5.41) is 30.0. The standard InChI is InChI=1S/2C42H23N3O2.C42H23N3OS/c1-2-11-25-24(10-1)20-21-29-28-15-9-16-31(41(28)47-40(25)29)39-30-14-3-6-17-34(30)43-42(44-39)45-35-18-7-4-12-26(35)32-22-33-27-13-5-8-19-37(27)46-38(33)23-36(32)45;1-2-11-25-24(10-1)20-21-31-29-15-9-16-33(40(29)47-39(25)31)37-32-14-3-6-17-34(32)43-42(44-37)45-35-18-7-4-12-26(35)28-22-23-30-27-13-5-8-19-36(27)46-41(30)38(28)45;1-2-11-25-24(10-1)20-21-29-28-15-9-16-31(41(28)46-40(25)29)39-30-14-3-6-17-34(30)43-42(44-39)45-35-18-7-4-12-26(35)32-22-33-27-13-5-8-19-37(27)47-38(33)23-36(32)45/h3*1-23H. The van der Waals surface area contributed by atoms with Gasteiger partial charge in [0.25, 0.3) is 0 Å². The van der Waals surface area contributed by atoms with Gasteiger partial charge in [0.1, 0.15) is 55.8 Å². The summed E-state index contributed by atoms with van der Waals surface area (Å²) in [5.74, 6) is 1.82. The molecule has 0 saturated heterocycles. The van der Waals surface area contributed by atoms with E-state index in [2.05, 4.69) is 378 Å². The highest BCUT2D eigenvalue weighted by atomic mass is 32.1. The number of hydrogen-bond acceptors (Lipinski definition) is 12. The van der Waals surface area contributed by atoms with Crippen molar-refractivity contribution >= 4 is 272 Å². The molecule has 0 bridgehead atoms. The fourth-order valence-electron chi connectivity index (χ4n) is 22.5. The van der Waals surface area contributed by atoms with Crippen LogP contribution in [0.5, 0.6) is 0 Å². The normalized spacial score (nSPS) is 12.3. The van der Waals surface area contributed by atoms with Gasteiger partial charge in [0.15, 0.2) is 5.58 Å². The number of hydrogen-bond donors (Lipinski definition) is 0. The molecule has 14 nitrogen and oxygen atoms in total. The van der Waals surface area contributed by atoms with Crippen LogP contribution in [0, 0.1) is 0 Å².